The van der Waals surface area contributed by atoms with Crippen LogP contribution in [0, 0.1) is 0 Å². The van der Waals surface area contributed by atoms with E-state index in [0.29, 0.717) is 0 Å². The van der Waals surface area contributed by atoms with E-state index < -0.39 is 0 Å². The molecule has 1 unspecified atom stereocenters. The van der Waals surface area contributed by atoms with E-state index in [-0.39, 0.29) is 6.04 Å². The Kier molecular flexibility index (Phi) is 3.35. The Morgan fingerprint density at radius 1 is 1.50 bits per heavy atom. The van der Waals surface area contributed by atoms with Crippen molar-refractivity contribution in [1.82, 2.24) is 4.57 Å². The van der Waals surface area contributed by atoms with Crippen molar-refractivity contribution < 1.29 is 0 Å². The van der Waals surface area contributed by atoms with E-state index in [1.807, 2.05) is 0 Å². The summed E-state index contributed by atoms with van der Waals surface area (Å²) in [5, 5.41) is 0. The number of rotatable bonds is 4. The Morgan fingerprint density at radius 2 is 2.25 bits per heavy atom. The number of aryl methyl sites for hydroxylation is 1. The quantitative estimate of drug-likeness (QED) is 0.731. The van der Waals surface area contributed by atoms with Gasteiger partial charge in [-0.1, -0.05) is 13.8 Å². The Balaban J connectivity index is 2.63. The standard InChI is InChI=1S/C10H18N2/c1-3-6-12-7-5-9(8-12)10(11)4-2/h5,7-8,10H,3-4,6,11H2,1-2H3. The van der Waals surface area contributed by atoms with E-state index in [1.54, 1.807) is 0 Å². The molecule has 0 aliphatic carbocycles. The average molecular weight is 166 g/mol. The molecule has 12 heavy (non-hydrogen) atoms. The maximum absolute atomic E-state index is 5.89. The van der Waals surface area contributed by atoms with Crippen molar-refractivity contribution in [1.29, 1.82) is 0 Å². The van der Waals surface area contributed by atoms with Crippen molar-refractivity contribution in [3.63, 3.8) is 0 Å². The van der Waals surface area contributed by atoms with Gasteiger partial charge in [-0.2, -0.15) is 0 Å². The first-order chi connectivity index (χ1) is 5.77. The highest BCUT2D eigenvalue weighted by Gasteiger charge is 2.03. The van der Waals surface area contributed by atoms with Gasteiger partial charge in [-0.3, -0.25) is 0 Å². The van der Waals surface area contributed by atoms with Gasteiger partial charge in [-0.15, -0.1) is 0 Å². The van der Waals surface area contributed by atoms with E-state index >= 15 is 0 Å². The molecule has 1 aromatic rings. The van der Waals surface area contributed by atoms with Gasteiger partial charge >= 0.3 is 0 Å². The maximum Gasteiger partial charge on any atom is 0.0307 e. The summed E-state index contributed by atoms with van der Waals surface area (Å²) in [6.07, 6.45) is 6.44. The minimum Gasteiger partial charge on any atom is -0.354 e. The van der Waals surface area contributed by atoms with Crippen LogP contribution in [-0.2, 0) is 6.54 Å². The summed E-state index contributed by atoms with van der Waals surface area (Å²) >= 11 is 0. The third kappa shape index (κ3) is 2.11. The fourth-order valence-corrected chi connectivity index (χ4v) is 1.31. The summed E-state index contributed by atoms with van der Waals surface area (Å²) in [5.41, 5.74) is 7.15. The number of nitrogens with two attached hydrogens (primary N) is 1. The van der Waals surface area contributed by atoms with E-state index in [1.165, 1.54) is 12.0 Å². The lowest BCUT2D eigenvalue weighted by molar-refractivity contribution is 0.664. The predicted molar refractivity (Wildman–Crippen MR) is 51.9 cm³/mol. The highest BCUT2D eigenvalue weighted by molar-refractivity contribution is 5.14. The topological polar surface area (TPSA) is 30.9 Å². The summed E-state index contributed by atoms with van der Waals surface area (Å²) in [5.74, 6) is 0. The minimum absolute atomic E-state index is 0.211. The molecule has 1 atom stereocenters. The second kappa shape index (κ2) is 4.31. The minimum atomic E-state index is 0.211. The second-order valence-electron chi connectivity index (χ2n) is 3.20. The van der Waals surface area contributed by atoms with Crippen molar-refractivity contribution >= 4 is 0 Å². The van der Waals surface area contributed by atoms with Crippen LogP contribution in [0.4, 0.5) is 0 Å². The molecule has 0 fully saturated rings. The normalized spacial score (nSPS) is 13.2. The molecular weight excluding hydrogens is 148 g/mol. The highest BCUT2D eigenvalue weighted by Crippen LogP contribution is 2.13. The zero-order valence-corrected chi connectivity index (χ0v) is 7.96. The van der Waals surface area contributed by atoms with Crippen LogP contribution < -0.4 is 5.73 Å². The van der Waals surface area contributed by atoms with Gasteiger partial charge in [0, 0.05) is 25.0 Å². The zero-order valence-electron chi connectivity index (χ0n) is 7.96. The number of aromatic nitrogens is 1. The first-order valence-electron chi connectivity index (χ1n) is 4.69. The Morgan fingerprint density at radius 3 is 2.83 bits per heavy atom. The molecule has 1 heterocycles. The lowest BCUT2D eigenvalue weighted by atomic mass is 10.1. The molecule has 0 radical (unpaired) electrons. The molecule has 2 N–H and O–H groups in total. The molecule has 0 saturated heterocycles. The smallest absolute Gasteiger partial charge is 0.0307 e. The molecule has 2 heteroatoms. The summed E-state index contributed by atoms with van der Waals surface area (Å²) in [6, 6.07) is 2.33. The van der Waals surface area contributed by atoms with Gasteiger partial charge in [-0.05, 0) is 24.5 Å². The van der Waals surface area contributed by atoms with Crippen LogP contribution in [0.5, 0.6) is 0 Å². The van der Waals surface area contributed by atoms with Crippen LogP contribution in [0.25, 0.3) is 0 Å². The second-order valence-corrected chi connectivity index (χ2v) is 3.20. The van der Waals surface area contributed by atoms with Crippen LogP contribution in [0.2, 0.25) is 0 Å². The molecule has 1 aromatic heterocycles. The molecule has 0 bridgehead atoms. The van der Waals surface area contributed by atoms with Crippen molar-refractivity contribution in [3.05, 3.63) is 24.0 Å². The summed E-state index contributed by atoms with van der Waals surface area (Å²) in [4.78, 5) is 0. The summed E-state index contributed by atoms with van der Waals surface area (Å²) < 4.78 is 2.20. The van der Waals surface area contributed by atoms with Crippen molar-refractivity contribution in [2.24, 2.45) is 5.73 Å². The maximum atomic E-state index is 5.89. The lowest BCUT2D eigenvalue weighted by Gasteiger charge is -2.04. The molecule has 0 saturated carbocycles. The van der Waals surface area contributed by atoms with Gasteiger partial charge in [0.2, 0.25) is 0 Å². The fourth-order valence-electron chi connectivity index (χ4n) is 1.31. The van der Waals surface area contributed by atoms with Gasteiger partial charge in [0.25, 0.3) is 0 Å². The van der Waals surface area contributed by atoms with Crippen LogP contribution in [0.3, 0.4) is 0 Å². The fraction of sp³-hybridized carbons (Fsp3) is 0.600. The Bertz CT molecular complexity index is 227. The zero-order chi connectivity index (χ0) is 8.97. The predicted octanol–water partition coefficient (Wildman–Crippen LogP) is 2.31. The van der Waals surface area contributed by atoms with Crippen molar-refractivity contribution in [2.75, 3.05) is 0 Å². The van der Waals surface area contributed by atoms with E-state index in [9.17, 15) is 0 Å². The molecular formula is C10H18N2. The molecule has 2 nitrogen and oxygen atoms in total. The number of nitrogens with zero attached hydrogens (tertiary/aromatic N) is 1. The molecule has 0 aliphatic heterocycles. The largest absolute Gasteiger partial charge is 0.354 e. The van der Waals surface area contributed by atoms with Gasteiger partial charge in [0.05, 0.1) is 0 Å². The molecule has 0 amide bonds. The third-order valence-corrected chi connectivity index (χ3v) is 2.12. The van der Waals surface area contributed by atoms with E-state index in [2.05, 4.69) is 36.9 Å². The van der Waals surface area contributed by atoms with Crippen LogP contribution in [-0.4, -0.2) is 4.57 Å². The van der Waals surface area contributed by atoms with Crippen molar-refractivity contribution in [3.8, 4) is 0 Å². The SMILES string of the molecule is CCCn1ccc(C(N)CC)c1. The van der Waals surface area contributed by atoms with Gasteiger partial charge in [-0.25, -0.2) is 0 Å². The first kappa shape index (κ1) is 9.33. The van der Waals surface area contributed by atoms with Gasteiger partial charge in [0.1, 0.15) is 0 Å². The van der Waals surface area contributed by atoms with Crippen LogP contribution >= 0.6 is 0 Å². The average Bonchev–Trinajstić information content (AvgIpc) is 2.52. The Labute approximate surface area is 74.4 Å². The molecule has 1 rings (SSSR count). The summed E-state index contributed by atoms with van der Waals surface area (Å²) in [6.45, 7) is 5.39. The number of hydrogen-bond donors (Lipinski definition) is 1. The van der Waals surface area contributed by atoms with Gasteiger partial charge in [0.15, 0.2) is 0 Å². The molecule has 0 aliphatic rings. The van der Waals surface area contributed by atoms with E-state index in [0.717, 1.165) is 13.0 Å². The third-order valence-electron chi connectivity index (χ3n) is 2.12. The van der Waals surface area contributed by atoms with Crippen LogP contribution in [0.1, 0.15) is 38.3 Å². The molecule has 0 aromatic carbocycles. The van der Waals surface area contributed by atoms with Crippen LogP contribution in [0.15, 0.2) is 18.5 Å². The van der Waals surface area contributed by atoms with Crippen molar-refractivity contribution in [2.45, 2.75) is 39.3 Å². The molecule has 68 valence electrons. The summed E-state index contributed by atoms with van der Waals surface area (Å²) in [7, 11) is 0. The van der Waals surface area contributed by atoms with E-state index in [4.69, 9.17) is 5.73 Å². The monoisotopic (exact) mass is 166 g/mol. The Hall–Kier alpha value is -0.760. The lowest BCUT2D eigenvalue weighted by Crippen LogP contribution is -2.07. The highest BCUT2D eigenvalue weighted by atomic mass is 14.9. The number of hydrogen-bond acceptors (Lipinski definition) is 1. The first-order valence-corrected chi connectivity index (χ1v) is 4.69. The van der Waals surface area contributed by atoms with Gasteiger partial charge < -0.3 is 10.3 Å². The molecule has 0 spiro atoms.